The molecule has 0 aromatic rings. The average Bonchev–Trinajstić information content (AvgIpc) is 1.84. The molecule has 2 heteroatoms. The largest absolute Gasteiger partial charge is 0.197 e. The van der Waals surface area contributed by atoms with E-state index < -0.39 is 0 Å². The highest BCUT2D eigenvalue weighted by Crippen LogP contribution is 2.47. The number of thioether (sulfide) groups is 1. The molecule has 0 amide bonds. The summed E-state index contributed by atoms with van der Waals surface area (Å²) in [7, 11) is 0. The first-order valence-electron chi connectivity index (χ1n) is 3.77. The van der Waals surface area contributed by atoms with Gasteiger partial charge in [0.05, 0.1) is 6.07 Å². The zero-order valence-corrected chi connectivity index (χ0v) is 7.37. The summed E-state index contributed by atoms with van der Waals surface area (Å²) < 4.78 is 0.00810. The molecule has 1 nitrogen and oxygen atoms in total. The van der Waals surface area contributed by atoms with E-state index in [4.69, 9.17) is 5.26 Å². The van der Waals surface area contributed by atoms with E-state index in [1.54, 1.807) is 0 Å². The minimum absolute atomic E-state index is 0.00810. The maximum atomic E-state index is 8.81. The molecular weight excluding hydrogens is 142 g/mol. The van der Waals surface area contributed by atoms with Gasteiger partial charge in [0.15, 0.2) is 0 Å². The van der Waals surface area contributed by atoms with E-state index in [0.29, 0.717) is 0 Å². The van der Waals surface area contributed by atoms with E-state index in [1.807, 2.05) is 11.8 Å². The van der Waals surface area contributed by atoms with Crippen molar-refractivity contribution in [1.29, 1.82) is 5.26 Å². The van der Waals surface area contributed by atoms with E-state index in [2.05, 4.69) is 19.9 Å². The molecule has 0 spiro atoms. The van der Waals surface area contributed by atoms with Crippen molar-refractivity contribution in [3.63, 3.8) is 0 Å². The summed E-state index contributed by atoms with van der Waals surface area (Å²) in [5.41, 5.74) is 0. The topological polar surface area (TPSA) is 23.8 Å². The van der Waals surface area contributed by atoms with Crippen molar-refractivity contribution in [3.05, 3.63) is 0 Å². The molecule has 56 valence electrons. The van der Waals surface area contributed by atoms with Crippen molar-refractivity contribution < 1.29 is 0 Å². The van der Waals surface area contributed by atoms with Gasteiger partial charge in [-0.15, -0.1) is 11.8 Å². The second kappa shape index (κ2) is 2.84. The smallest absolute Gasteiger partial charge is 0.103 e. The fraction of sp³-hybridized carbons (Fsp3) is 0.875. The molecule has 0 bridgehead atoms. The molecule has 1 aliphatic rings. The zero-order chi connectivity index (χ0) is 7.61. The van der Waals surface area contributed by atoms with Gasteiger partial charge in [-0.3, -0.25) is 0 Å². The molecule has 0 saturated heterocycles. The van der Waals surface area contributed by atoms with E-state index in [0.717, 1.165) is 24.5 Å². The Hall–Kier alpha value is -0.160. The number of nitrogens with zero attached hydrogens (tertiary/aromatic N) is 1. The summed E-state index contributed by atoms with van der Waals surface area (Å²) in [6.45, 7) is 4.33. The maximum absolute atomic E-state index is 8.81. The SMILES string of the molecule is CCSC1(C#N)CC(C)C1. The summed E-state index contributed by atoms with van der Waals surface area (Å²) in [5.74, 6) is 1.85. The Balaban J connectivity index is 2.42. The first-order chi connectivity index (χ1) is 4.72. The number of rotatable bonds is 2. The molecular formula is C8H13NS. The molecule has 0 unspecified atom stereocenters. The van der Waals surface area contributed by atoms with E-state index in [1.165, 1.54) is 0 Å². The lowest BCUT2D eigenvalue weighted by Gasteiger charge is -2.39. The lowest BCUT2D eigenvalue weighted by atomic mass is 9.76. The van der Waals surface area contributed by atoms with E-state index in [9.17, 15) is 0 Å². The second-order valence-electron chi connectivity index (χ2n) is 3.05. The van der Waals surface area contributed by atoms with Gasteiger partial charge in [-0.2, -0.15) is 5.26 Å². The highest BCUT2D eigenvalue weighted by Gasteiger charge is 2.42. The molecule has 0 aromatic heterocycles. The van der Waals surface area contributed by atoms with Crippen LogP contribution in [0.25, 0.3) is 0 Å². The molecule has 0 N–H and O–H groups in total. The third-order valence-corrected chi connectivity index (χ3v) is 3.25. The Morgan fingerprint density at radius 2 is 2.30 bits per heavy atom. The first-order valence-corrected chi connectivity index (χ1v) is 4.76. The quantitative estimate of drug-likeness (QED) is 0.611. The Labute approximate surface area is 66.8 Å². The van der Waals surface area contributed by atoms with E-state index in [-0.39, 0.29) is 4.75 Å². The van der Waals surface area contributed by atoms with Crippen molar-refractivity contribution in [2.45, 2.75) is 31.4 Å². The van der Waals surface area contributed by atoms with Crippen LogP contribution in [0.15, 0.2) is 0 Å². The van der Waals surface area contributed by atoms with Crippen LogP contribution in [0, 0.1) is 17.2 Å². The second-order valence-corrected chi connectivity index (χ2v) is 4.70. The van der Waals surface area contributed by atoms with Gasteiger partial charge in [0.1, 0.15) is 4.75 Å². The van der Waals surface area contributed by atoms with Gasteiger partial charge in [-0.1, -0.05) is 13.8 Å². The summed E-state index contributed by atoms with van der Waals surface area (Å²) in [6.07, 6.45) is 2.20. The van der Waals surface area contributed by atoms with Crippen LogP contribution in [-0.2, 0) is 0 Å². The zero-order valence-electron chi connectivity index (χ0n) is 6.55. The number of nitriles is 1. The summed E-state index contributed by atoms with van der Waals surface area (Å²) in [4.78, 5) is 0. The predicted molar refractivity (Wildman–Crippen MR) is 44.9 cm³/mol. The van der Waals surface area contributed by atoms with Gasteiger partial charge in [-0.05, 0) is 24.5 Å². The van der Waals surface area contributed by atoms with Gasteiger partial charge >= 0.3 is 0 Å². The van der Waals surface area contributed by atoms with Crippen LogP contribution in [0.1, 0.15) is 26.7 Å². The van der Waals surface area contributed by atoms with Gasteiger partial charge in [-0.25, -0.2) is 0 Å². The summed E-state index contributed by atoms with van der Waals surface area (Å²) in [5, 5.41) is 8.81. The molecule has 10 heavy (non-hydrogen) atoms. The Kier molecular flexibility index (Phi) is 2.25. The fourth-order valence-electron chi connectivity index (χ4n) is 1.58. The predicted octanol–water partition coefficient (Wildman–Crippen LogP) is 2.43. The molecule has 0 aromatic carbocycles. The summed E-state index contributed by atoms with van der Waals surface area (Å²) >= 11 is 1.81. The van der Waals surface area contributed by atoms with Crippen molar-refractivity contribution in [2.75, 3.05) is 5.75 Å². The van der Waals surface area contributed by atoms with Crippen LogP contribution in [-0.4, -0.2) is 10.5 Å². The van der Waals surface area contributed by atoms with Crippen molar-refractivity contribution in [1.82, 2.24) is 0 Å². The number of hydrogen-bond acceptors (Lipinski definition) is 2. The van der Waals surface area contributed by atoms with Gasteiger partial charge in [0.2, 0.25) is 0 Å². The molecule has 1 aliphatic carbocycles. The Morgan fingerprint density at radius 3 is 2.60 bits per heavy atom. The van der Waals surface area contributed by atoms with E-state index >= 15 is 0 Å². The van der Waals surface area contributed by atoms with Crippen molar-refractivity contribution in [3.8, 4) is 6.07 Å². The first kappa shape index (κ1) is 7.94. The van der Waals surface area contributed by atoms with Crippen LogP contribution in [0.4, 0.5) is 0 Å². The van der Waals surface area contributed by atoms with Crippen molar-refractivity contribution >= 4 is 11.8 Å². The fourth-order valence-corrected chi connectivity index (χ4v) is 3.01. The van der Waals surface area contributed by atoms with Crippen LogP contribution in [0.5, 0.6) is 0 Å². The van der Waals surface area contributed by atoms with Crippen LogP contribution < -0.4 is 0 Å². The lowest BCUT2D eigenvalue weighted by molar-refractivity contribution is 0.303. The molecule has 0 aliphatic heterocycles. The monoisotopic (exact) mass is 155 g/mol. The number of hydrogen-bond donors (Lipinski definition) is 0. The molecule has 0 radical (unpaired) electrons. The minimum Gasteiger partial charge on any atom is -0.197 e. The highest BCUT2D eigenvalue weighted by molar-refractivity contribution is 8.00. The van der Waals surface area contributed by atoms with Crippen LogP contribution >= 0.6 is 11.8 Å². The Bertz CT molecular complexity index is 148. The standard InChI is InChI=1S/C8H13NS/c1-3-10-8(6-9)4-7(2)5-8/h7H,3-5H2,1-2H3. The van der Waals surface area contributed by atoms with Gasteiger partial charge in [0.25, 0.3) is 0 Å². The average molecular weight is 155 g/mol. The van der Waals surface area contributed by atoms with Crippen LogP contribution in [0.2, 0.25) is 0 Å². The van der Waals surface area contributed by atoms with Gasteiger partial charge < -0.3 is 0 Å². The molecule has 1 rings (SSSR count). The Morgan fingerprint density at radius 1 is 1.70 bits per heavy atom. The van der Waals surface area contributed by atoms with Gasteiger partial charge in [0, 0.05) is 0 Å². The third kappa shape index (κ3) is 1.29. The highest BCUT2D eigenvalue weighted by atomic mass is 32.2. The molecule has 0 atom stereocenters. The summed E-state index contributed by atoms with van der Waals surface area (Å²) in [6, 6.07) is 2.41. The molecule has 1 fully saturated rings. The third-order valence-electron chi connectivity index (χ3n) is 1.98. The lowest BCUT2D eigenvalue weighted by Crippen LogP contribution is -2.38. The van der Waals surface area contributed by atoms with Crippen molar-refractivity contribution in [2.24, 2.45) is 5.92 Å². The van der Waals surface area contributed by atoms with Crippen LogP contribution in [0.3, 0.4) is 0 Å². The normalized spacial score (nSPS) is 38.3. The minimum atomic E-state index is 0.00810. The maximum Gasteiger partial charge on any atom is 0.103 e. The molecule has 0 heterocycles. The molecule has 1 saturated carbocycles.